The number of carbonyl (C=O) groups is 1. The Morgan fingerprint density at radius 3 is 2.65 bits per heavy atom. The molecule has 5 heteroatoms. The molecule has 1 aliphatic heterocycles. The highest BCUT2D eigenvalue weighted by Crippen LogP contribution is 2.20. The molecule has 2 unspecified atom stereocenters. The number of rotatable bonds is 2. The molecular weight excluding hydrogens is 274 g/mol. The molecule has 0 aliphatic carbocycles. The summed E-state index contributed by atoms with van der Waals surface area (Å²) in [5.74, 6) is 0.422. The van der Waals surface area contributed by atoms with E-state index in [2.05, 4.69) is 6.07 Å². The molecule has 0 aromatic heterocycles. The highest BCUT2D eigenvalue weighted by molar-refractivity contribution is 5.94. The lowest BCUT2D eigenvalue weighted by molar-refractivity contribution is 0.0661. The van der Waals surface area contributed by atoms with Gasteiger partial charge in [-0.05, 0) is 49.9 Å². The Kier molecular flexibility index (Phi) is 6.00. The fourth-order valence-corrected chi connectivity index (χ4v) is 2.49. The fourth-order valence-electron chi connectivity index (χ4n) is 2.49. The van der Waals surface area contributed by atoms with Gasteiger partial charge in [0.15, 0.2) is 0 Å². The summed E-state index contributed by atoms with van der Waals surface area (Å²) >= 11 is 0. The molecular formula is C15H20ClN3O. The Hall–Kier alpha value is -1.57. The van der Waals surface area contributed by atoms with Crippen LogP contribution < -0.4 is 5.73 Å². The topological polar surface area (TPSA) is 70.1 Å². The maximum absolute atomic E-state index is 12.4. The molecule has 2 rings (SSSR count). The van der Waals surface area contributed by atoms with E-state index in [1.54, 1.807) is 24.3 Å². The standard InChI is InChI=1S/C15H19N3O.ClH/c1-11(17)14-3-2-8-18(10-14)15(19)13-6-4-12(9-16)5-7-13;/h4-7,11,14H,2-3,8,10,17H2,1H3;1H. The Bertz CT molecular complexity index is 493. The largest absolute Gasteiger partial charge is 0.338 e. The van der Waals surface area contributed by atoms with Gasteiger partial charge in [0.2, 0.25) is 0 Å². The second kappa shape index (κ2) is 7.28. The highest BCUT2D eigenvalue weighted by atomic mass is 35.5. The van der Waals surface area contributed by atoms with E-state index in [9.17, 15) is 4.79 Å². The molecule has 0 saturated carbocycles. The average Bonchev–Trinajstić information content (AvgIpc) is 2.46. The molecule has 1 aliphatic rings. The van der Waals surface area contributed by atoms with E-state index < -0.39 is 0 Å². The first kappa shape index (κ1) is 16.5. The monoisotopic (exact) mass is 293 g/mol. The number of hydrogen-bond acceptors (Lipinski definition) is 3. The summed E-state index contributed by atoms with van der Waals surface area (Å²) in [6.45, 7) is 3.53. The first-order chi connectivity index (χ1) is 9.11. The summed E-state index contributed by atoms with van der Waals surface area (Å²) in [5.41, 5.74) is 7.15. The predicted octanol–water partition coefficient (Wildman–Crippen LogP) is 2.18. The number of carbonyl (C=O) groups excluding carboxylic acids is 1. The molecule has 1 heterocycles. The normalized spacial score (nSPS) is 19.6. The second-order valence-electron chi connectivity index (χ2n) is 5.20. The number of piperidine rings is 1. The summed E-state index contributed by atoms with van der Waals surface area (Å²) in [5, 5.41) is 8.75. The van der Waals surface area contributed by atoms with Gasteiger partial charge in [-0.15, -0.1) is 12.4 Å². The zero-order valence-corrected chi connectivity index (χ0v) is 12.4. The van der Waals surface area contributed by atoms with Gasteiger partial charge in [0, 0.05) is 24.7 Å². The van der Waals surface area contributed by atoms with Crippen LogP contribution in [-0.2, 0) is 0 Å². The number of hydrogen-bond donors (Lipinski definition) is 1. The van der Waals surface area contributed by atoms with Crippen LogP contribution in [0.25, 0.3) is 0 Å². The van der Waals surface area contributed by atoms with E-state index in [1.165, 1.54) is 0 Å². The van der Waals surface area contributed by atoms with Gasteiger partial charge in [-0.1, -0.05) is 0 Å². The molecule has 0 bridgehead atoms. The van der Waals surface area contributed by atoms with Crippen LogP contribution in [0.2, 0.25) is 0 Å². The summed E-state index contributed by atoms with van der Waals surface area (Å²) in [4.78, 5) is 14.2. The molecule has 1 saturated heterocycles. The number of amides is 1. The number of likely N-dealkylation sites (tertiary alicyclic amines) is 1. The van der Waals surface area contributed by atoms with Crippen LogP contribution >= 0.6 is 12.4 Å². The SMILES string of the molecule is CC(N)C1CCCN(C(=O)c2ccc(C#N)cc2)C1.Cl. The van der Waals surface area contributed by atoms with Crippen LogP contribution in [-0.4, -0.2) is 29.9 Å². The Morgan fingerprint density at radius 1 is 1.45 bits per heavy atom. The van der Waals surface area contributed by atoms with E-state index >= 15 is 0 Å². The number of nitrogens with zero attached hydrogens (tertiary/aromatic N) is 2. The molecule has 20 heavy (non-hydrogen) atoms. The third-order valence-electron chi connectivity index (χ3n) is 3.75. The molecule has 0 spiro atoms. The molecule has 1 aromatic rings. The van der Waals surface area contributed by atoms with Crippen molar-refractivity contribution in [3.8, 4) is 6.07 Å². The molecule has 4 nitrogen and oxygen atoms in total. The van der Waals surface area contributed by atoms with Crippen LogP contribution in [0.15, 0.2) is 24.3 Å². The third-order valence-corrected chi connectivity index (χ3v) is 3.75. The predicted molar refractivity (Wildman–Crippen MR) is 80.7 cm³/mol. The summed E-state index contributed by atoms with van der Waals surface area (Å²) in [6, 6.07) is 8.97. The number of halogens is 1. The summed E-state index contributed by atoms with van der Waals surface area (Å²) in [6.07, 6.45) is 2.10. The number of nitrogens with two attached hydrogens (primary N) is 1. The summed E-state index contributed by atoms with van der Waals surface area (Å²) in [7, 11) is 0. The third kappa shape index (κ3) is 3.72. The van der Waals surface area contributed by atoms with E-state index in [4.69, 9.17) is 11.0 Å². The Balaban J connectivity index is 0.00000200. The van der Waals surface area contributed by atoms with E-state index in [1.807, 2.05) is 11.8 Å². The molecule has 1 fully saturated rings. The smallest absolute Gasteiger partial charge is 0.253 e. The molecule has 108 valence electrons. The highest BCUT2D eigenvalue weighted by Gasteiger charge is 2.26. The zero-order chi connectivity index (χ0) is 13.8. The second-order valence-corrected chi connectivity index (χ2v) is 5.20. The molecule has 1 amide bonds. The fraction of sp³-hybridized carbons (Fsp3) is 0.467. The minimum absolute atomic E-state index is 0. The van der Waals surface area contributed by atoms with E-state index in [-0.39, 0.29) is 24.4 Å². The van der Waals surface area contributed by atoms with Crippen LogP contribution in [0.1, 0.15) is 35.7 Å². The Labute approximate surface area is 126 Å². The van der Waals surface area contributed by atoms with Crippen molar-refractivity contribution in [1.82, 2.24) is 4.90 Å². The molecule has 2 atom stereocenters. The van der Waals surface area contributed by atoms with Gasteiger partial charge in [-0.2, -0.15) is 5.26 Å². The van der Waals surface area contributed by atoms with Gasteiger partial charge in [0.1, 0.15) is 0 Å². The number of nitriles is 1. The van der Waals surface area contributed by atoms with Gasteiger partial charge in [-0.3, -0.25) is 4.79 Å². The molecule has 0 radical (unpaired) electrons. The van der Waals surface area contributed by atoms with Crippen molar-refractivity contribution in [3.63, 3.8) is 0 Å². The minimum atomic E-state index is 0. The van der Waals surface area contributed by atoms with E-state index in [0.717, 1.165) is 25.9 Å². The van der Waals surface area contributed by atoms with Crippen LogP contribution in [0, 0.1) is 17.2 Å². The first-order valence-corrected chi connectivity index (χ1v) is 6.67. The van der Waals surface area contributed by atoms with Crippen molar-refractivity contribution < 1.29 is 4.79 Å². The van der Waals surface area contributed by atoms with E-state index in [0.29, 0.717) is 17.0 Å². The van der Waals surface area contributed by atoms with Gasteiger partial charge >= 0.3 is 0 Å². The minimum Gasteiger partial charge on any atom is -0.338 e. The lowest BCUT2D eigenvalue weighted by Crippen LogP contribution is -2.45. The average molecular weight is 294 g/mol. The van der Waals surface area contributed by atoms with Crippen molar-refractivity contribution in [2.75, 3.05) is 13.1 Å². The van der Waals surface area contributed by atoms with Gasteiger partial charge in [0.25, 0.3) is 5.91 Å². The molecule has 1 aromatic carbocycles. The zero-order valence-electron chi connectivity index (χ0n) is 11.6. The maximum atomic E-state index is 12.4. The first-order valence-electron chi connectivity index (χ1n) is 6.67. The van der Waals surface area contributed by atoms with Crippen molar-refractivity contribution in [2.24, 2.45) is 11.7 Å². The molecule has 2 N–H and O–H groups in total. The van der Waals surface area contributed by atoms with Crippen molar-refractivity contribution in [2.45, 2.75) is 25.8 Å². The van der Waals surface area contributed by atoms with Crippen LogP contribution in [0.3, 0.4) is 0 Å². The van der Waals surface area contributed by atoms with Gasteiger partial charge in [-0.25, -0.2) is 0 Å². The lowest BCUT2D eigenvalue weighted by Gasteiger charge is -2.34. The number of benzene rings is 1. The van der Waals surface area contributed by atoms with Crippen molar-refractivity contribution in [3.05, 3.63) is 35.4 Å². The Morgan fingerprint density at radius 2 is 2.10 bits per heavy atom. The summed E-state index contributed by atoms with van der Waals surface area (Å²) < 4.78 is 0. The maximum Gasteiger partial charge on any atom is 0.253 e. The quantitative estimate of drug-likeness (QED) is 0.908. The lowest BCUT2D eigenvalue weighted by atomic mass is 9.92. The van der Waals surface area contributed by atoms with Crippen molar-refractivity contribution >= 4 is 18.3 Å². The van der Waals surface area contributed by atoms with Crippen molar-refractivity contribution in [1.29, 1.82) is 5.26 Å². The van der Waals surface area contributed by atoms with Gasteiger partial charge < -0.3 is 10.6 Å². The van der Waals surface area contributed by atoms with Gasteiger partial charge in [0.05, 0.1) is 11.6 Å². The van der Waals surface area contributed by atoms with Crippen LogP contribution in [0.4, 0.5) is 0 Å². The van der Waals surface area contributed by atoms with Crippen LogP contribution in [0.5, 0.6) is 0 Å².